The molecule has 1 atom stereocenters. The average molecular weight is 431 g/mol. The first kappa shape index (κ1) is 20.0. The maximum atomic E-state index is 13.0. The molecule has 1 aromatic carbocycles. The Morgan fingerprint density at radius 2 is 1.97 bits per heavy atom. The Morgan fingerprint density at radius 3 is 2.63 bits per heavy atom. The minimum Gasteiger partial charge on any atom is -0.343 e. The van der Waals surface area contributed by atoms with E-state index in [1.807, 2.05) is 30.3 Å². The van der Waals surface area contributed by atoms with E-state index in [0.717, 1.165) is 23.0 Å². The van der Waals surface area contributed by atoms with Crippen molar-refractivity contribution in [1.82, 2.24) is 25.1 Å². The Kier molecular flexibility index (Phi) is 5.25. The van der Waals surface area contributed by atoms with Gasteiger partial charge in [-0.2, -0.15) is 18.3 Å². The zero-order valence-corrected chi connectivity index (χ0v) is 16.5. The second-order valence-corrected chi connectivity index (χ2v) is 7.66. The number of hydrogen-bond acceptors (Lipinski definition) is 5. The smallest absolute Gasteiger partial charge is 0.343 e. The van der Waals surface area contributed by atoms with Crippen molar-refractivity contribution in [2.75, 3.05) is 0 Å². The quantitative estimate of drug-likeness (QED) is 0.509. The molecule has 6 nitrogen and oxygen atoms in total. The van der Waals surface area contributed by atoms with Gasteiger partial charge in [0.1, 0.15) is 23.2 Å². The van der Waals surface area contributed by atoms with Gasteiger partial charge in [0, 0.05) is 5.39 Å². The highest BCUT2D eigenvalue weighted by atomic mass is 32.1. The Bertz CT molecular complexity index is 1170. The molecule has 3 heterocycles. The van der Waals surface area contributed by atoms with E-state index in [2.05, 4.69) is 20.4 Å². The van der Waals surface area contributed by atoms with Gasteiger partial charge in [-0.25, -0.2) is 9.97 Å². The summed E-state index contributed by atoms with van der Waals surface area (Å²) in [6.07, 6.45) is -1.58. The Labute approximate surface area is 173 Å². The Hall–Kier alpha value is -3.27. The summed E-state index contributed by atoms with van der Waals surface area (Å²) in [6, 6.07) is 11.3. The fourth-order valence-electron chi connectivity index (χ4n) is 3.13. The van der Waals surface area contributed by atoms with Gasteiger partial charge in [0.2, 0.25) is 0 Å². The number of carbonyl (C=O) groups excluding carboxylic acids is 1. The predicted octanol–water partition coefficient (Wildman–Crippen LogP) is 4.39. The molecule has 154 valence electrons. The van der Waals surface area contributed by atoms with Crippen molar-refractivity contribution in [1.29, 1.82) is 0 Å². The van der Waals surface area contributed by atoms with Gasteiger partial charge in [-0.15, -0.1) is 11.3 Å². The highest BCUT2D eigenvalue weighted by molar-refractivity contribution is 7.20. The number of benzene rings is 1. The third-order valence-corrected chi connectivity index (χ3v) is 5.84. The molecule has 0 spiro atoms. The number of carbonyl (C=O) groups is 1. The minimum atomic E-state index is -4.54. The predicted molar refractivity (Wildman–Crippen MR) is 106 cm³/mol. The molecule has 4 rings (SSSR count). The number of rotatable bonds is 5. The zero-order chi connectivity index (χ0) is 21.3. The molecule has 3 aromatic heterocycles. The van der Waals surface area contributed by atoms with Crippen LogP contribution in [0.3, 0.4) is 0 Å². The van der Waals surface area contributed by atoms with E-state index in [-0.39, 0.29) is 10.7 Å². The van der Waals surface area contributed by atoms with Gasteiger partial charge in [-0.05, 0) is 30.2 Å². The number of nitrogens with zero attached hydrogens (tertiary/aromatic N) is 4. The lowest BCUT2D eigenvalue weighted by molar-refractivity contribution is -0.140. The minimum absolute atomic E-state index is 0.181. The van der Waals surface area contributed by atoms with Crippen LogP contribution >= 0.6 is 11.3 Å². The molecule has 0 saturated heterocycles. The molecular weight excluding hydrogens is 415 g/mol. The van der Waals surface area contributed by atoms with Crippen molar-refractivity contribution in [3.63, 3.8) is 0 Å². The van der Waals surface area contributed by atoms with E-state index < -0.39 is 17.9 Å². The standard InChI is InChI=1S/C20H16F3N5OS/c1-12-14-7-8-16(20(21,22)23)27-19(14)30-17(12)18(29)26-15(9-28-11-24-10-25-28)13-5-3-2-4-6-13/h2-8,10-11,15H,9H2,1H3,(H,26,29). The van der Waals surface area contributed by atoms with Crippen LogP contribution in [0.25, 0.3) is 10.2 Å². The summed E-state index contributed by atoms with van der Waals surface area (Å²) >= 11 is 0.949. The van der Waals surface area contributed by atoms with Gasteiger partial charge in [0.15, 0.2) is 0 Å². The zero-order valence-electron chi connectivity index (χ0n) is 15.7. The topological polar surface area (TPSA) is 72.7 Å². The van der Waals surface area contributed by atoms with Crippen molar-refractivity contribution in [3.05, 3.63) is 76.8 Å². The summed E-state index contributed by atoms with van der Waals surface area (Å²) < 4.78 is 40.5. The van der Waals surface area contributed by atoms with Crippen molar-refractivity contribution >= 4 is 27.5 Å². The van der Waals surface area contributed by atoms with Crippen LogP contribution in [0.5, 0.6) is 0 Å². The second kappa shape index (κ2) is 7.86. The molecule has 0 aliphatic rings. The molecule has 1 N–H and O–H groups in total. The normalized spacial score (nSPS) is 12.8. The molecule has 0 aliphatic carbocycles. The summed E-state index contributed by atoms with van der Waals surface area (Å²) in [6.45, 7) is 2.06. The van der Waals surface area contributed by atoms with Crippen LogP contribution < -0.4 is 5.32 Å². The van der Waals surface area contributed by atoms with Crippen molar-refractivity contribution in [2.24, 2.45) is 0 Å². The summed E-state index contributed by atoms with van der Waals surface area (Å²) in [7, 11) is 0. The first-order valence-electron chi connectivity index (χ1n) is 8.98. The molecule has 1 amide bonds. The molecular formula is C20H16F3N5OS. The first-order valence-corrected chi connectivity index (χ1v) is 9.80. The molecule has 0 aliphatic heterocycles. The third kappa shape index (κ3) is 4.04. The SMILES string of the molecule is Cc1c(C(=O)NC(Cn2cncn2)c2ccccc2)sc2nc(C(F)(F)F)ccc12. The van der Waals surface area contributed by atoms with Crippen molar-refractivity contribution in [3.8, 4) is 0 Å². The summed E-state index contributed by atoms with van der Waals surface area (Å²) in [5, 5.41) is 7.59. The number of fused-ring (bicyclic) bond motifs is 1. The van der Waals surface area contributed by atoms with Crippen LogP contribution in [-0.2, 0) is 12.7 Å². The van der Waals surface area contributed by atoms with E-state index in [9.17, 15) is 18.0 Å². The average Bonchev–Trinajstić information content (AvgIpc) is 3.35. The monoisotopic (exact) mass is 431 g/mol. The van der Waals surface area contributed by atoms with Crippen LogP contribution in [0.15, 0.2) is 55.1 Å². The molecule has 0 bridgehead atoms. The lowest BCUT2D eigenvalue weighted by Crippen LogP contribution is -2.31. The van der Waals surface area contributed by atoms with Crippen LogP contribution in [0.2, 0.25) is 0 Å². The molecule has 0 saturated carbocycles. The number of hydrogen-bond donors (Lipinski definition) is 1. The van der Waals surface area contributed by atoms with Gasteiger partial charge in [0.25, 0.3) is 5.91 Å². The fourth-order valence-corrected chi connectivity index (χ4v) is 4.21. The highest BCUT2D eigenvalue weighted by Crippen LogP contribution is 2.34. The number of nitrogens with one attached hydrogen (secondary N) is 1. The van der Waals surface area contributed by atoms with E-state index in [1.165, 1.54) is 12.4 Å². The van der Waals surface area contributed by atoms with Crippen LogP contribution in [0, 0.1) is 6.92 Å². The third-order valence-electron chi connectivity index (χ3n) is 4.64. The number of aryl methyl sites for hydroxylation is 1. The fraction of sp³-hybridized carbons (Fsp3) is 0.200. The maximum absolute atomic E-state index is 13.0. The summed E-state index contributed by atoms with van der Waals surface area (Å²) in [4.78, 5) is 21.2. The lowest BCUT2D eigenvalue weighted by atomic mass is 10.1. The number of halogens is 3. The van der Waals surface area contributed by atoms with Crippen LogP contribution in [-0.4, -0.2) is 25.7 Å². The number of amides is 1. The second-order valence-electron chi connectivity index (χ2n) is 6.66. The van der Waals surface area contributed by atoms with Crippen molar-refractivity contribution < 1.29 is 18.0 Å². The molecule has 4 aromatic rings. The Balaban J connectivity index is 1.65. The molecule has 30 heavy (non-hydrogen) atoms. The van der Waals surface area contributed by atoms with Gasteiger partial charge in [0.05, 0.1) is 17.5 Å². The lowest BCUT2D eigenvalue weighted by Gasteiger charge is -2.19. The van der Waals surface area contributed by atoms with Gasteiger partial charge in [-0.1, -0.05) is 30.3 Å². The number of pyridine rings is 1. The molecule has 0 radical (unpaired) electrons. The highest BCUT2D eigenvalue weighted by Gasteiger charge is 2.33. The van der Waals surface area contributed by atoms with Gasteiger partial charge < -0.3 is 5.32 Å². The van der Waals surface area contributed by atoms with Gasteiger partial charge >= 0.3 is 6.18 Å². The number of aromatic nitrogens is 4. The summed E-state index contributed by atoms with van der Waals surface area (Å²) in [5.41, 5.74) is 0.496. The first-order chi connectivity index (χ1) is 14.3. The molecule has 10 heteroatoms. The largest absolute Gasteiger partial charge is 0.433 e. The molecule has 1 unspecified atom stereocenters. The van der Waals surface area contributed by atoms with Crippen LogP contribution in [0.1, 0.15) is 32.5 Å². The molecule has 0 fully saturated rings. The maximum Gasteiger partial charge on any atom is 0.433 e. The van der Waals surface area contributed by atoms with Gasteiger partial charge in [-0.3, -0.25) is 9.48 Å². The van der Waals surface area contributed by atoms with E-state index in [1.54, 1.807) is 17.9 Å². The number of thiophene rings is 1. The van der Waals surface area contributed by atoms with Crippen LogP contribution in [0.4, 0.5) is 13.2 Å². The van der Waals surface area contributed by atoms with Crippen molar-refractivity contribution in [2.45, 2.75) is 25.7 Å². The number of alkyl halides is 3. The van der Waals surface area contributed by atoms with E-state index in [4.69, 9.17) is 0 Å². The Morgan fingerprint density at radius 1 is 1.20 bits per heavy atom. The van der Waals surface area contributed by atoms with E-state index in [0.29, 0.717) is 22.4 Å². The summed E-state index contributed by atoms with van der Waals surface area (Å²) in [5.74, 6) is -0.377. The van der Waals surface area contributed by atoms with E-state index >= 15 is 0 Å².